The smallest absolute Gasteiger partial charge is 0.164 e. The van der Waals surface area contributed by atoms with Crippen LogP contribution in [0.25, 0.3) is 45.3 Å². The van der Waals surface area contributed by atoms with Gasteiger partial charge in [0.2, 0.25) is 0 Å². The van der Waals surface area contributed by atoms with Crippen LogP contribution in [0.3, 0.4) is 0 Å². The van der Waals surface area contributed by atoms with Crippen molar-refractivity contribution in [1.82, 2.24) is 19.9 Å². The molecule has 9 heteroatoms. The van der Waals surface area contributed by atoms with Crippen LogP contribution in [-0.4, -0.2) is 36.1 Å². The minimum absolute atomic E-state index is 0.606. The fraction of sp³-hybridized carbons (Fsp3) is 0.0606. The predicted octanol–water partition coefficient (Wildman–Crippen LogP) is 14.6. The Balaban J connectivity index is 1.04. The molecule has 0 saturated heterocycles. The molecule has 11 aromatic rings. The summed E-state index contributed by atoms with van der Waals surface area (Å²) in [5.74, 6) is 1.86. The highest BCUT2D eigenvalue weighted by Gasteiger charge is 2.41. The Labute approximate surface area is 440 Å². The molecule has 0 aliphatic carbocycles. The highest BCUT2D eigenvalue weighted by Crippen LogP contribution is 2.48. The summed E-state index contributed by atoms with van der Waals surface area (Å²) in [6, 6.07) is 85.4. The molecule has 0 unspecified atom stereocenters. The molecular weight excluding hydrogens is 947 g/mol. The summed E-state index contributed by atoms with van der Waals surface area (Å²) in [7, 11) is -4.19. The van der Waals surface area contributed by atoms with E-state index in [2.05, 4.69) is 222 Å². The van der Waals surface area contributed by atoms with E-state index >= 15 is 0 Å². The van der Waals surface area contributed by atoms with Gasteiger partial charge in [0.1, 0.15) is 16.1 Å². The van der Waals surface area contributed by atoms with Crippen molar-refractivity contribution in [1.29, 1.82) is 0 Å². The second-order valence-electron chi connectivity index (χ2n) is 20.4. The predicted molar refractivity (Wildman–Crippen MR) is 317 cm³/mol. The first-order valence-corrected chi connectivity index (χ1v) is 31.6. The van der Waals surface area contributed by atoms with E-state index in [0.717, 1.165) is 56.3 Å². The van der Waals surface area contributed by atoms with Crippen LogP contribution >= 0.6 is 0 Å². The number of aromatic nitrogens is 4. The summed E-state index contributed by atoms with van der Waals surface area (Å²) >= 11 is 0. The summed E-state index contributed by atoms with van der Waals surface area (Å²) < 4.78 is 0. The van der Waals surface area contributed by atoms with E-state index in [9.17, 15) is 0 Å². The summed E-state index contributed by atoms with van der Waals surface area (Å²) in [6.45, 7) is 9.94. The highest BCUT2D eigenvalue weighted by atomic mass is 28.3. The number of anilines is 9. The van der Waals surface area contributed by atoms with Crippen molar-refractivity contribution in [2.45, 2.75) is 26.2 Å². The molecule has 4 heterocycles. The Bertz CT molecular complexity index is 3620. The molecule has 2 aromatic heterocycles. The van der Waals surface area contributed by atoms with Gasteiger partial charge in [-0.3, -0.25) is 4.98 Å². The number of para-hydroxylation sites is 4. The second-order valence-corrected chi connectivity index (χ2v) is 29.1. The van der Waals surface area contributed by atoms with Gasteiger partial charge in [0, 0.05) is 63.2 Å². The molecular formula is C66H53N7Si2. The quantitative estimate of drug-likeness (QED) is 0.134. The van der Waals surface area contributed by atoms with E-state index in [1.807, 2.05) is 73.1 Å². The lowest BCUT2D eigenvalue weighted by Crippen LogP contribution is -2.58. The molecule has 0 fully saturated rings. The molecule has 0 radical (unpaired) electrons. The molecule has 9 aromatic carbocycles. The average molecular weight is 1000 g/mol. The zero-order valence-corrected chi connectivity index (χ0v) is 44.3. The third-order valence-corrected chi connectivity index (χ3v) is 22.2. The van der Waals surface area contributed by atoms with Crippen molar-refractivity contribution in [2.75, 3.05) is 14.7 Å². The van der Waals surface area contributed by atoms with Gasteiger partial charge in [-0.15, -0.1) is 0 Å². The molecule has 7 nitrogen and oxygen atoms in total. The highest BCUT2D eigenvalue weighted by molar-refractivity contribution is 7.03. The molecule has 0 amide bonds. The van der Waals surface area contributed by atoms with Crippen LogP contribution in [0, 0.1) is 0 Å². The summed E-state index contributed by atoms with van der Waals surface area (Å²) in [6.07, 6.45) is 3.70. The van der Waals surface area contributed by atoms with Crippen molar-refractivity contribution < 1.29 is 0 Å². The van der Waals surface area contributed by atoms with Gasteiger partial charge in [-0.1, -0.05) is 172 Å². The van der Waals surface area contributed by atoms with E-state index in [-0.39, 0.29) is 0 Å². The normalized spacial score (nSPS) is 13.8. The number of fused-ring (bicyclic) bond motifs is 4. The van der Waals surface area contributed by atoms with Gasteiger partial charge in [-0.25, -0.2) is 15.0 Å². The summed E-state index contributed by atoms with van der Waals surface area (Å²) in [5, 5.41) is 5.67. The Hall–Kier alpha value is -9.03. The summed E-state index contributed by atoms with van der Waals surface area (Å²) in [5.41, 5.74) is 15.0. The minimum atomic E-state index is -2.09. The Morgan fingerprint density at radius 2 is 0.627 bits per heavy atom. The van der Waals surface area contributed by atoms with E-state index in [1.165, 1.54) is 43.5 Å². The molecule has 2 aliphatic heterocycles. The monoisotopic (exact) mass is 999 g/mol. The molecule has 0 bridgehead atoms. The van der Waals surface area contributed by atoms with E-state index < -0.39 is 16.1 Å². The molecule has 13 rings (SSSR count). The van der Waals surface area contributed by atoms with Gasteiger partial charge in [-0.2, -0.15) is 0 Å². The fourth-order valence-corrected chi connectivity index (χ4v) is 17.3. The first kappa shape index (κ1) is 45.8. The van der Waals surface area contributed by atoms with Gasteiger partial charge >= 0.3 is 0 Å². The van der Waals surface area contributed by atoms with E-state index in [1.54, 1.807) is 0 Å². The van der Waals surface area contributed by atoms with Crippen LogP contribution in [0.1, 0.15) is 0 Å². The average Bonchev–Trinajstić information content (AvgIpc) is 3.47. The molecule has 360 valence electrons. The van der Waals surface area contributed by atoms with Crippen molar-refractivity contribution in [2.24, 2.45) is 0 Å². The maximum Gasteiger partial charge on any atom is 0.164 e. The third-order valence-electron chi connectivity index (χ3n) is 15.2. The van der Waals surface area contributed by atoms with Crippen molar-refractivity contribution in [3.05, 3.63) is 249 Å². The van der Waals surface area contributed by atoms with Gasteiger partial charge in [0.25, 0.3) is 0 Å². The zero-order valence-electron chi connectivity index (χ0n) is 42.3. The fourth-order valence-electron chi connectivity index (χ4n) is 11.4. The Morgan fingerprint density at radius 1 is 0.307 bits per heavy atom. The van der Waals surface area contributed by atoms with Crippen molar-refractivity contribution in [3.8, 4) is 45.3 Å². The second kappa shape index (κ2) is 18.5. The van der Waals surface area contributed by atoms with Crippen LogP contribution < -0.4 is 35.4 Å². The molecule has 2 aliphatic rings. The zero-order chi connectivity index (χ0) is 50.7. The number of pyridine rings is 1. The number of rotatable bonds is 9. The molecule has 75 heavy (non-hydrogen) atoms. The van der Waals surface area contributed by atoms with Crippen molar-refractivity contribution in [3.63, 3.8) is 0 Å². The number of hydrogen-bond donors (Lipinski definition) is 0. The van der Waals surface area contributed by atoms with Crippen LogP contribution in [0.4, 0.5) is 51.2 Å². The SMILES string of the molecule is C[Si]1(C)c2ccccc2N(c2cc(N(c3ccc(-c4ccncc4)cc3)c3ccc(-c4nc(-c5ccccc5)nc(-c5ccccc5)n4)cc3)cc(N3c4ccccc4[Si](C)(C)c4ccccc43)c2)c2ccccc21. The Morgan fingerprint density at radius 3 is 1.01 bits per heavy atom. The summed E-state index contributed by atoms with van der Waals surface area (Å²) in [4.78, 5) is 26.9. The first-order chi connectivity index (χ1) is 36.7. The Kier molecular flexibility index (Phi) is 11.3. The number of nitrogens with zero attached hydrogens (tertiary/aromatic N) is 7. The van der Waals surface area contributed by atoms with E-state index in [0.29, 0.717) is 17.5 Å². The van der Waals surface area contributed by atoms with E-state index in [4.69, 9.17) is 15.0 Å². The lowest BCUT2D eigenvalue weighted by Gasteiger charge is -2.43. The van der Waals surface area contributed by atoms with Crippen molar-refractivity contribution >= 4 is 88.1 Å². The lowest BCUT2D eigenvalue weighted by molar-refractivity contribution is 1.07. The number of hydrogen-bond acceptors (Lipinski definition) is 7. The molecule has 0 N–H and O–H groups in total. The van der Waals surface area contributed by atoms with Crippen LogP contribution in [-0.2, 0) is 0 Å². The largest absolute Gasteiger partial charge is 0.311 e. The molecule has 0 spiro atoms. The standard InChI is InChI=1S/C66H53N7Si2/c1-74(2)60-27-15-11-23-56(60)72(57-24-12-16-28-61(57)74)54-43-53(44-55(45-54)73-58-25-13-17-29-62(58)75(3,4)63-30-18-14-26-59(63)73)71(51-35-31-46(32-36-51)47-39-41-67-42-40-47)52-37-33-50(34-38-52)66-69-64(48-19-7-5-8-20-48)68-65(70-66)49-21-9-6-10-22-49/h5-45H,1-4H3. The minimum Gasteiger partial charge on any atom is -0.311 e. The number of benzene rings is 9. The van der Waals surface area contributed by atoms with Gasteiger partial charge in [0.05, 0.1) is 17.1 Å². The maximum absolute atomic E-state index is 5.10. The molecule has 0 atom stereocenters. The topological polar surface area (TPSA) is 61.3 Å². The third kappa shape index (κ3) is 8.04. The van der Waals surface area contributed by atoms with Gasteiger partial charge in [0.15, 0.2) is 17.5 Å². The van der Waals surface area contributed by atoms with Gasteiger partial charge < -0.3 is 14.7 Å². The maximum atomic E-state index is 5.10. The van der Waals surface area contributed by atoms with Crippen LogP contribution in [0.5, 0.6) is 0 Å². The molecule has 0 saturated carbocycles. The first-order valence-electron chi connectivity index (χ1n) is 25.6. The van der Waals surface area contributed by atoms with Gasteiger partial charge in [-0.05, 0) is 123 Å². The lowest BCUT2D eigenvalue weighted by atomic mass is 10.0. The van der Waals surface area contributed by atoms with Crippen LogP contribution in [0.2, 0.25) is 26.2 Å². The van der Waals surface area contributed by atoms with Crippen LogP contribution in [0.15, 0.2) is 249 Å².